The third-order valence-electron chi connectivity index (χ3n) is 3.29. The molecular weight excluding hydrogens is 198 g/mol. The molecule has 1 aromatic rings. The van der Waals surface area contributed by atoms with Crippen LogP contribution in [0.25, 0.3) is 0 Å². The van der Waals surface area contributed by atoms with Crippen LogP contribution in [0.3, 0.4) is 0 Å². The van der Waals surface area contributed by atoms with Crippen molar-refractivity contribution in [2.75, 3.05) is 13.1 Å². The summed E-state index contributed by atoms with van der Waals surface area (Å²) in [4.78, 5) is 2.40. The molecule has 1 N–H and O–H groups in total. The largest absolute Gasteiger partial charge is 0.392 e. The lowest BCUT2D eigenvalue weighted by Crippen LogP contribution is -2.30. The molecule has 1 fully saturated rings. The molecule has 0 aromatic heterocycles. The predicted octanol–water partition coefficient (Wildman–Crippen LogP) is 2.51. The van der Waals surface area contributed by atoms with E-state index in [0.717, 1.165) is 13.1 Å². The van der Waals surface area contributed by atoms with Crippen LogP contribution in [0.4, 0.5) is 0 Å². The number of nitrogens with zero attached hydrogens (tertiary/aromatic N) is 1. The fraction of sp³-hybridized carbons (Fsp3) is 0.571. The van der Waals surface area contributed by atoms with Crippen molar-refractivity contribution in [3.05, 3.63) is 35.4 Å². The second kappa shape index (κ2) is 4.98. The fourth-order valence-electron chi connectivity index (χ4n) is 2.64. The number of aliphatic hydroxyl groups excluding tert-OH is 1. The molecule has 2 nitrogen and oxygen atoms in total. The van der Waals surface area contributed by atoms with Gasteiger partial charge in [0.2, 0.25) is 0 Å². The van der Waals surface area contributed by atoms with Gasteiger partial charge in [-0.3, -0.25) is 4.90 Å². The average molecular weight is 219 g/mol. The molecule has 0 radical (unpaired) electrons. The summed E-state index contributed by atoms with van der Waals surface area (Å²) < 4.78 is 0. The van der Waals surface area contributed by atoms with E-state index >= 15 is 0 Å². The Morgan fingerprint density at radius 3 is 3.00 bits per heavy atom. The van der Waals surface area contributed by atoms with Crippen molar-refractivity contribution in [3.63, 3.8) is 0 Å². The quantitative estimate of drug-likeness (QED) is 0.844. The summed E-state index contributed by atoms with van der Waals surface area (Å²) in [6.07, 6.45) is 2.23. The molecule has 1 aromatic carbocycles. The standard InChI is InChI=1S/C14H21NO/c1-11-5-3-6-13(9-11)14-7-4-8-15(14)10-12(2)16/h3,5-6,9,12,14,16H,4,7-8,10H2,1-2H3. The van der Waals surface area contributed by atoms with E-state index < -0.39 is 0 Å². The Kier molecular flexibility index (Phi) is 3.62. The summed E-state index contributed by atoms with van der Waals surface area (Å²) in [5.41, 5.74) is 2.72. The maximum absolute atomic E-state index is 9.49. The van der Waals surface area contributed by atoms with Gasteiger partial charge in [0.15, 0.2) is 0 Å². The van der Waals surface area contributed by atoms with Crippen molar-refractivity contribution in [1.82, 2.24) is 4.90 Å². The van der Waals surface area contributed by atoms with E-state index in [-0.39, 0.29) is 6.10 Å². The van der Waals surface area contributed by atoms with E-state index in [1.807, 2.05) is 6.92 Å². The Morgan fingerprint density at radius 1 is 1.50 bits per heavy atom. The summed E-state index contributed by atoms with van der Waals surface area (Å²) >= 11 is 0. The van der Waals surface area contributed by atoms with Gasteiger partial charge < -0.3 is 5.11 Å². The highest BCUT2D eigenvalue weighted by Crippen LogP contribution is 2.32. The lowest BCUT2D eigenvalue weighted by Gasteiger charge is -2.26. The minimum Gasteiger partial charge on any atom is -0.392 e. The van der Waals surface area contributed by atoms with Gasteiger partial charge in [-0.25, -0.2) is 0 Å². The monoisotopic (exact) mass is 219 g/mol. The summed E-state index contributed by atoms with van der Waals surface area (Å²) in [6.45, 7) is 5.91. The molecule has 0 saturated carbocycles. The zero-order valence-electron chi connectivity index (χ0n) is 10.2. The number of aryl methyl sites for hydroxylation is 1. The first-order valence-corrected chi connectivity index (χ1v) is 6.15. The molecule has 0 bridgehead atoms. The van der Waals surface area contributed by atoms with E-state index in [4.69, 9.17) is 0 Å². The first kappa shape index (κ1) is 11.6. The molecule has 0 amide bonds. The summed E-state index contributed by atoms with van der Waals surface area (Å²) in [5, 5.41) is 9.49. The van der Waals surface area contributed by atoms with Crippen LogP contribution in [0.1, 0.15) is 36.9 Å². The van der Waals surface area contributed by atoms with Gasteiger partial charge in [0, 0.05) is 12.6 Å². The average Bonchev–Trinajstić information content (AvgIpc) is 2.65. The highest BCUT2D eigenvalue weighted by atomic mass is 16.3. The summed E-state index contributed by atoms with van der Waals surface area (Å²) in [7, 11) is 0. The van der Waals surface area contributed by atoms with Crippen LogP contribution in [0.2, 0.25) is 0 Å². The molecule has 2 heteroatoms. The van der Waals surface area contributed by atoms with Crippen molar-refractivity contribution in [2.45, 2.75) is 38.8 Å². The van der Waals surface area contributed by atoms with Crippen molar-refractivity contribution in [2.24, 2.45) is 0 Å². The second-order valence-electron chi connectivity index (χ2n) is 4.92. The van der Waals surface area contributed by atoms with E-state index in [9.17, 15) is 5.11 Å². The molecule has 1 heterocycles. The molecule has 1 aliphatic rings. The molecule has 2 rings (SSSR count). The molecule has 1 aliphatic heterocycles. The van der Waals surface area contributed by atoms with Gasteiger partial charge in [0.05, 0.1) is 6.10 Å². The van der Waals surface area contributed by atoms with Crippen LogP contribution in [0, 0.1) is 6.92 Å². The topological polar surface area (TPSA) is 23.5 Å². The van der Waals surface area contributed by atoms with Crippen LogP contribution in [-0.4, -0.2) is 29.2 Å². The van der Waals surface area contributed by atoms with Crippen LogP contribution in [0.15, 0.2) is 24.3 Å². The number of aliphatic hydroxyl groups is 1. The van der Waals surface area contributed by atoms with Crippen LogP contribution in [-0.2, 0) is 0 Å². The lowest BCUT2D eigenvalue weighted by atomic mass is 10.0. The van der Waals surface area contributed by atoms with Crippen LogP contribution in [0.5, 0.6) is 0 Å². The fourth-order valence-corrected chi connectivity index (χ4v) is 2.64. The van der Waals surface area contributed by atoms with Gasteiger partial charge in [-0.1, -0.05) is 29.8 Å². The lowest BCUT2D eigenvalue weighted by molar-refractivity contribution is 0.119. The summed E-state index contributed by atoms with van der Waals surface area (Å²) in [5.74, 6) is 0. The first-order valence-electron chi connectivity index (χ1n) is 6.15. The second-order valence-corrected chi connectivity index (χ2v) is 4.92. The molecular formula is C14H21NO. The van der Waals surface area contributed by atoms with Gasteiger partial charge in [-0.05, 0) is 38.8 Å². The SMILES string of the molecule is Cc1cccc(C2CCCN2CC(C)O)c1. The molecule has 88 valence electrons. The maximum atomic E-state index is 9.49. The molecule has 0 aliphatic carbocycles. The van der Waals surface area contributed by atoms with Gasteiger partial charge in [0.25, 0.3) is 0 Å². The van der Waals surface area contributed by atoms with Crippen molar-refractivity contribution in [3.8, 4) is 0 Å². The van der Waals surface area contributed by atoms with Crippen LogP contribution >= 0.6 is 0 Å². The minimum atomic E-state index is -0.231. The molecule has 2 unspecified atom stereocenters. The Labute approximate surface area is 97.9 Å². The molecule has 0 spiro atoms. The van der Waals surface area contributed by atoms with Gasteiger partial charge in [-0.15, -0.1) is 0 Å². The normalized spacial score (nSPS) is 23.6. The summed E-state index contributed by atoms with van der Waals surface area (Å²) in [6, 6.07) is 9.25. The number of likely N-dealkylation sites (tertiary alicyclic amines) is 1. The van der Waals surface area contributed by atoms with Crippen molar-refractivity contribution in [1.29, 1.82) is 0 Å². The molecule has 1 saturated heterocycles. The number of benzene rings is 1. The third kappa shape index (κ3) is 2.63. The minimum absolute atomic E-state index is 0.231. The highest BCUT2D eigenvalue weighted by molar-refractivity contribution is 5.25. The highest BCUT2D eigenvalue weighted by Gasteiger charge is 2.26. The predicted molar refractivity (Wildman–Crippen MR) is 66.4 cm³/mol. The smallest absolute Gasteiger partial charge is 0.0639 e. The van der Waals surface area contributed by atoms with Crippen molar-refractivity contribution < 1.29 is 5.11 Å². The van der Waals surface area contributed by atoms with E-state index in [2.05, 4.69) is 36.1 Å². The molecule has 2 atom stereocenters. The Bertz CT molecular complexity index is 348. The first-order chi connectivity index (χ1) is 7.66. The zero-order valence-corrected chi connectivity index (χ0v) is 10.2. The van der Waals surface area contributed by atoms with E-state index in [1.165, 1.54) is 24.0 Å². The number of hydrogen-bond acceptors (Lipinski definition) is 2. The Hall–Kier alpha value is -0.860. The maximum Gasteiger partial charge on any atom is 0.0639 e. The van der Waals surface area contributed by atoms with E-state index in [0.29, 0.717) is 6.04 Å². The van der Waals surface area contributed by atoms with E-state index in [1.54, 1.807) is 0 Å². The van der Waals surface area contributed by atoms with Crippen molar-refractivity contribution >= 4 is 0 Å². The van der Waals surface area contributed by atoms with Gasteiger partial charge >= 0.3 is 0 Å². The van der Waals surface area contributed by atoms with Gasteiger partial charge in [-0.2, -0.15) is 0 Å². The Morgan fingerprint density at radius 2 is 2.31 bits per heavy atom. The Balaban J connectivity index is 2.13. The number of β-amino-alcohol motifs (C(OH)–C–C–N with tert-alkyl or cyclic N) is 1. The molecule has 16 heavy (non-hydrogen) atoms. The van der Waals surface area contributed by atoms with Gasteiger partial charge in [0.1, 0.15) is 0 Å². The number of rotatable bonds is 3. The van der Waals surface area contributed by atoms with Crippen LogP contribution < -0.4 is 0 Å². The number of hydrogen-bond donors (Lipinski definition) is 1. The third-order valence-corrected chi connectivity index (χ3v) is 3.29. The zero-order chi connectivity index (χ0) is 11.5.